The van der Waals surface area contributed by atoms with Gasteiger partial charge in [-0.3, -0.25) is 0 Å². The van der Waals surface area contributed by atoms with E-state index in [0.29, 0.717) is 0 Å². The molecule has 0 fully saturated rings. The van der Waals surface area contributed by atoms with Crippen molar-refractivity contribution in [1.82, 2.24) is 0 Å². The van der Waals surface area contributed by atoms with Gasteiger partial charge in [0.1, 0.15) is 0 Å². The number of ether oxygens (including phenoxy) is 1. The fraction of sp³-hybridized carbons (Fsp3) is 0.400. The Labute approximate surface area is 189 Å². The van der Waals surface area contributed by atoms with E-state index < -0.39 is 0 Å². The van der Waals surface area contributed by atoms with Gasteiger partial charge in [0.2, 0.25) is 0 Å². The molecular weight excluding hydrogens is 376 g/mol. The Bertz CT molecular complexity index is 729. The number of rotatable bonds is 14. The van der Waals surface area contributed by atoms with Gasteiger partial charge in [-0.05, 0) is 36.5 Å². The Morgan fingerprint density at radius 1 is 0.516 bits per heavy atom. The van der Waals surface area contributed by atoms with Crippen LogP contribution in [-0.2, 0) is 10.2 Å². The third-order valence-corrected chi connectivity index (χ3v) is 6.34. The predicted molar refractivity (Wildman–Crippen MR) is 133 cm³/mol. The van der Waals surface area contributed by atoms with Crippen LogP contribution >= 0.6 is 0 Å². The Hall–Kier alpha value is -2.38. The van der Waals surface area contributed by atoms with E-state index >= 15 is 0 Å². The summed E-state index contributed by atoms with van der Waals surface area (Å²) in [5, 5.41) is 0. The molecule has 0 aliphatic carbocycles. The highest BCUT2D eigenvalue weighted by Gasteiger charge is 2.35. The van der Waals surface area contributed by atoms with Gasteiger partial charge in [0.05, 0.1) is 0 Å². The van der Waals surface area contributed by atoms with Gasteiger partial charge in [-0.25, -0.2) is 0 Å². The highest BCUT2D eigenvalue weighted by atomic mass is 16.5. The topological polar surface area (TPSA) is 9.23 Å². The average Bonchev–Trinajstić information content (AvgIpc) is 2.84. The molecule has 0 saturated carbocycles. The van der Waals surface area contributed by atoms with Crippen LogP contribution in [0, 0.1) is 0 Å². The summed E-state index contributed by atoms with van der Waals surface area (Å²) in [5.74, 6) is 0. The fourth-order valence-corrected chi connectivity index (χ4v) is 4.72. The maximum Gasteiger partial charge on any atom is 0.0465 e. The van der Waals surface area contributed by atoms with E-state index in [9.17, 15) is 0 Å². The summed E-state index contributed by atoms with van der Waals surface area (Å²) in [4.78, 5) is 0. The second kappa shape index (κ2) is 13.1. The molecule has 0 aliphatic heterocycles. The first-order chi connectivity index (χ1) is 15.4. The van der Waals surface area contributed by atoms with Crippen LogP contribution < -0.4 is 0 Å². The maximum atomic E-state index is 5.44. The Balaban J connectivity index is 1.70. The second-order valence-electron chi connectivity index (χ2n) is 8.43. The summed E-state index contributed by atoms with van der Waals surface area (Å²) in [6, 6.07) is 33.3. The molecule has 1 heteroatoms. The molecule has 0 unspecified atom stereocenters. The molecule has 3 aromatic carbocycles. The number of hydrogen-bond acceptors (Lipinski definition) is 1. The first-order valence-corrected chi connectivity index (χ1v) is 12.1. The largest absolute Gasteiger partial charge is 0.382 e. The minimum Gasteiger partial charge on any atom is -0.382 e. The van der Waals surface area contributed by atoms with Crippen molar-refractivity contribution in [2.45, 2.75) is 63.7 Å². The van der Waals surface area contributed by atoms with E-state index in [-0.39, 0.29) is 5.41 Å². The summed E-state index contributed by atoms with van der Waals surface area (Å²) in [6.07, 6.45) is 10.1. The number of hydrogen-bond donors (Lipinski definition) is 0. The van der Waals surface area contributed by atoms with Crippen molar-refractivity contribution in [3.8, 4) is 0 Å². The zero-order valence-electron chi connectivity index (χ0n) is 19.1. The molecule has 0 N–H and O–H groups in total. The van der Waals surface area contributed by atoms with Crippen LogP contribution in [0.1, 0.15) is 75.0 Å². The minimum absolute atomic E-state index is 0.0960. The van der Waals surface area contributed by atoms with Gasteiger partial charge in [0.15, 0.2) is 0 Å². The van der Waals surface area contributed by atoms with Crippen LogP contribution in [0.15, 0.2) is 91.0 Å². The minimum atomic E-state index is -0.0960. The van der Waals surface area contributed by atoms with Gasteiger partial charge in [0, 0.05) is 18.6 Å². The quantitative estimate of drug-likeness (QED) is 0.191. The van der Waals surface area contributed by atoms with Gasteiger partial charge in [-0.2, -0.15) is 0 Å². The van der Waals surface area contributed by atoms with Crippen molar-refractivity contribution in [3.63, 3.8) is 0 Å². The first kappa shape index (κ1) is 23.3. The molecule has 0 spiro atoms. The molecule has 1 nitrogen and oxygen atoms in total. The summed E-state index contributed by atoms with van der Waals surface area (Å²) >= 11 is 0. The number of benzene rings is 3. The highest BCUT2D eigenvalue weighted by Crippen LogP contribution is 2.43. The molecule has 0 amide bonds. The van der Waals surface area contributed by atoms with E-state index in [0.717, 1.165) is 19.6 Å². The number of unbranched alkanes of at least 4 members (excludes halogenated alkanes) is 6. The molecule has 0 aliphatic rings. The van der Waals surface area contributed by atoms with Crippen molar-refractivity contribution in [2.75, 3.05) is 13.2 Å². The molecule has 3 rings (SSSR count). The molecule has 0 heterocycles. The third kappa shape index (κ3) is 6.55. The predicted octanol–water partition coefficient (Wildman–Crippen LogP) is 8.18. The van der Waals surface area contributed by atoms with Crippen LogP contribution in [0.3, 0.4) is 0 Å². The lowest BCUT2D eigenvalue weighted by Crippen LogP contribution is -2.29. The van der Waals surface area contributed by atoms with Gasteiger partial charge in [-0.15, -0.1) is 0 Å². The average molecular weight is 415 g/mol. The summed E-state index contributed by atoms with van der Waals surface area (Å²) in [7, 11) is 0. The summed E-state index contributed by atoms with van der Waals surface area (Å²) < 4.78 is 5.44. The maximum absolute atomic E-state index is 5.44. The van der Waals surface area contributed by atoms with E-state index in [4.69, 9.17) is 4.74 Å². The normalized spacial score (nSPS) is 11.5. The van der Waals surface area contributed by atoms with Crippen molar-refractivity contribution in [1.29, 1.82) is 0 Å². The lowest BCUT2D eigenvalue weighted by molar-refractivity contribution is 0.143. The molecule has 0 radical (unpaired) electrons. The van der Waals surface area contributed by atoms with Crippen LogP contribution in [0.5, 0.6) is 0 Å². The molecule has 0 atom stereocenters. The Morgan fingerprint density at radius 2 is 0.903 bits per heavy atom. The fourth-order valence-electron chi connectivity index (χ4n) is 4.72. The highest BCUT2D eigenvalue weighted by molar-refractivity contribution is 5.50. The molecular formula is C30H38O. The van der Waals surface area contributed by atoms with Crippen molar-refractivity contribution in [3.05, 3.63) is 108 Å². The van der Waals surface area contributed by atoms with E-state index in [1.54, 1.807) is 0 Å². The molecule has 164 valence electrons. The molecule has 0 bridgehead atoms. The van der Waals surface area contributed by atoms with E-state index in [1.807, 2.05) is 0 Å². The zero-order chi connectivity index (χ0) is 21.6. The SMILES string of the molecule is CCOCCCCCCCCCC(c1ccccc1)(c1ccccc1)c1ccccc1. The first-order valence-electron chi connectivity index (χ1n) is 12.1. The molecule has 3 aromatic rings. The lowest BCUT2D eigenvalue weighted by atomic mass is 9.66. The molecule has 0 aromatic heterocycles. The monoisotopic (exact) mass is 414 g/mol. The van der Waals surface area contributed by atoms with Crippen LogP contribution in [0.25, 0.3) is 0 Å². The standard InChI is InChI=1S/C30H38O/c1-2-31-26-18-7-5-3-4-6-17-25-30(27-19-11-8-12-20-27,28-21-13-9-14-22-28)29-23-15-10-16-24-29/h8-16,19-24H,2-7,17-18,25-26H2,1H3. The van der Waals surface area contributed by atoms with E-state index in [1.165, 1.54) is 61.6 Å². The van der Waals surface area contributed by atoms with Gasteiger partial charge >= 0.3 is 0 Å². The van der Waals surface area contributed by atoms with Gasteiger partial charge < -0.3 is 4.74 Å². The molecule has 0 saturated heterocycles. The van der Waals surface area contributed by atoms with E-state index in [2.05, 4.69) is 97.9 Å². The van der Waals surface area contributed by atoms with Crippen LogP contribution in [0.2, 0.25) is 0 Å². The van der Waals surface area contributed by atoms with Gasteiger partial charge in [-0.1, -0.05) is 130 Å². The molecule has 31 heavy (non-hydrogen) atoms. The van der Waals surface area contributed by atoms with Crippen LogP contribution in [-0.4, -0.2) is 13.2 Å². The van der Waals surface area contributed by atoms with Crippen LogP contribution in [0.4, 0.5) is 0 Å². The Morgan fingerprint density at radius 3 is 1.32 bits per heavy atom. The van der Waals surface area contributed by atoms with Gasteiger partial charge in [0.25, 0.3) is 0 Å². The third-order valence-electron chi connectivity index (χ3n) is 6.34. The zero-order valence-corrected chi connectivity index (χ0v) is 19.1. The lowest BCUT2D eigenvalue weighted by Gasteiger charge is -2.36. The second-order valence-corrected chi connectivity index (χ2v) is 8.43. The van der Waals surface area contributed by atoms with Crippen molar-refractivity contribution in [2.24, 2.45) is 0 Å². The Kier molecular flexibility index (Phi) is 9.86. The van der Waals surface area contributed by atoms with Crippen molar-refractivity contribution < 1.29 is 4.74 Å². The van der Waals surface area contributed by atoms with Crippen molar-refractivity contribution >= 4 is 0 Å². The summed E-state index contributed by atoms with van der Waals surface area (Å²) in [6.45, 7) is 3.83. The summed E-state index contributed by atoms with van der Waals surface area (Å²) in [5.41, 5.74) is 4.08. The smallest absolute Gasteiger partial charge is 0.0465 e.